The summed E-state index contributed by atoms with van der Waals surface area (Å²) in [5, 5.41) is 2.92. The van der Waals surface area contributed by atoms with Gasteiger partial charge in [0.05, 0.1) is 9.79 Å². The summed E-state index contributed by atoms with van der Waals surface area (Å²) < 4.78 is 53.7. The topological polar surface area (TPSA) is 104 Å². The van der Waals surface area contributed by atoms with E-state index in [-0.39, 0.29) is 28.4 Å². The normalized spacial score (nSPS) is 17.4. The van der Waals surface area contributed by atoms with E-state index in [2.05, 4.69) is 14.8 Å². The van der Waals surface area contributed by atoms with Gasteiger partial charge in [-0.25, -0.2) is 26.3 Å². The summed E-state index contributed by atoms with van der Waals surface area (Å²) in [5.74, 6) is 0. The molecule has 1 aromatic carbocycles. The Morgan fingerprint density at radius 3 is 2.27 bits per heavy atom. The van der Waals surface area contributed by atoms with Gasteiger partial charge >= 0.3 is 0 Å². The number of hydrogen-bond acceptors (Lipinski definition) is 5. The van der Waals surface area contributed by atoms with E-state index in [1.807, 2.05) is 6.92 Å². The predicted molar refractivity (Wildman–Crippen MR) is 83.5 cm³/mol. The Labute approximate surface area is 131 Å². The second-order valence-corrected chi connectivity index (χ2v) is 8.89. The van der Waals surface area contributed by atoms with E-state index in [1.165, 1.54) is 24.3 Å². The third kappa shape index (κ3) is 4.50. The number of likely N-dealkylation sites (N-methyl/N-ethyl adjacent to an activating group) is 1. The SMILES string of the molecule is CNC(C)CNS(=O)(=O)c1cccc(S(=O)(=O)NC2CC2)c1. The van der Waals surface area contributed by atoms with Crippen LogP contribution in [0.25, 0.3) is 0 Å². The summed E-state index contributed by atoms with van der Waals surface area (Å²) in [6.45, 7) is 2.05. The highest BCUT2D eigenvalue weighted by Gasteiger charge is 2.28. The Morgan fingerprint density at radius 1 is 1.14 bits per heavy atom. The molecule has 7 nitrogen and oxygen atoms in total. The fourth-order valence-electron chi connectivity index (χ4n) is 1.72. The molecule has 1 fully saturated rings. The van der Waals surface area contributed by atoms with Gasteiger partial charge in [0.1, 0.15) is 0 Å². The fraction of sp³-hybridized carbons (Fsp3) is 0.538. The number of rotatable bonds is 8. The average molecular weight is 347 g/mol. The number of sulfonamides is 2. The summed E-state index contributed by atoms with van der Waals surface area (Å²) in [6.07, 6.45) is 1.64. The van der Waals surface area contributed by atoms with Crippen molar-refractivity contribution < 1.29 is 16.8 Å². The van der Waals surface area contributed by atoms with Crippen LogP contribution >= 0.6 is 0 Å². The Hall–Kier alpha value is -1.00. The first kappa shape index (κ1) is 17.4. The van der Waals surface area contributed by atoms with Crippen LogP contribution < -0.4 is 14.8 Å². The molecule has 1 aromatic rings. The minimum atomic E-state index is -3.74. The van der Waals surface area contributed by atoms with Crippen molar-refractivity contribution in [1.29, 1.82) is 0 Å². The smallest absolute Gasteiger partial charge is 0.240 e. The minimum absolute atomic E-state index is 0.0279. The van der Waals surface area contributed by atoms with Crippen molar-refractivity contribution in [3.8, 4) is 0 Å². The van der Waals surface area contributed by atoms with Gasteiger partial charge in [-0.15, -0.1) is 0 Å². The first-order chi connectivity index (χ1) is 10.2. The van der Waals surface area contributed by atoms with Crippen LogP contribution in [0.2, 0.25) is 0 Å². The third-order valence-electron chi connectivity index (χ3n) is 3.40. The zero-order chi connectivity index (χ0) is 16.4. The van der Waals surface area contributed by atoms with Gasteiger partial charge in [0, 0.05) is 18.6 Å². The molecule has 0 heterocycles. The molecule has 124 valence electrons. The van der Waals surface area contributed by atoms with E-state index in [0.717, 1.165) is 12.8 Å². The predicted octanol–water partition coefficient (Wildman–Crippen LogP) is 0.0135. The maximum atomic E-state index is 12.2. The van der Waals surface area contributed by atoms with Crippen molar-refractivity contribution in [2.24, 2.45) is 0 Å². The van der Waals surface area contributed by atoms with Gasteiger partial charge in [-0.2, -0.15) is 0 Å². The number of hydrogen-bond donors (Lipinski definition) is 3. The van der Waals surface area contributed by atoms with Crippen LogP contribution in [0.5, 0.6) is 0 Å². The fourth-order valence-corrected chi connectivity index (χ4v) is 4.32. The van der Waals surface area contributed by atoms with Gasteiger partial charge in [0.15, 0.2) is 0 Å². The molecule has 0 spiro atoms. The van der Waals surface area contributed by atoms with Crippen molar-refractivity contribution in [1.82, 2.24) is 14.8 Å². The molecule has 9 heteroatoms. The molecular formula is C13H21N3O4S2. The molecule has 0 radical (unpaired) electrons. The van der Waals surface area contributed by atoms with Crippen LogP contribution in [0.15, 0.2) is 34.1 Å². The Morgan fingerprint density at radius 2 is 1.73 bits per heavy atom. The summed E-state index contributed by atoms with van der Waals surface area (Å²) >= 11 is 0. The van der Waals surface area contributed by atoms with Crippen molar-refractivity contribution in [2.45, 2.75) is 41.6 Å². The van der Waals surface area contributed by atoms with Gasteiger partial charge < -0.3 is 5.32 Å². The molecule has 1 aliphatic carbocycles. The molecule has 1 saturated carbocycles. The van der Waals surface area contributed by atoms with Crippen molar-refractivity contribution in [3.05, 3.63) is 24.3 Å². The molecule has 0 amide bonds. The van der Waals surface area contributed by atoms with Gasteiger partial charge in [0.25, 0.3) is 0 Å². The highest BCUT2D eigenvalue weighted by atomic mass is 32.2. The van der Waals surface area contributed by atoms with E-state index < -0.39 is 20.0 Å². The van der Waals surface area contributed by atoms with Gasteiger partial charge in [0.2, 0.25) is 20.0 Å². The monoisotopic (exact) mass is 347 g/mol. The third-order valence-corrected chi connectivity index (χ3v) is 6.34. The lowest BCUT2D eigenvalue weighted by molar-refractivity contribution is 0.554. The summed E-state index contributed by atoms with van der Waals surface area (Å²) in [7, 11) is -5.68. The molecule has 0 aliphatic heterocycles. The second kappa shape index (κ2) is 6.63. The molecule has 3 N–H and O–H groups in total. The van der Waals surface area contributed by atoms with Gasteiger partial charge in [-0.3, -0.25) is 0 Å². The van der Waals surface area contributed by atoms with E-state index in [4.69, 9.17) is 0 Å². The van der Waals surface area contributed by atoms with Crippen LogP contribution in [0, 0.1) is 0 Å². The molecule has 22 heavy (non-hydrogen) atoms. The van der Waals surface area contributed by atoms with Crippen LogP contribution in [0.3, 0.4) is 0 Å². The molecule has 2 rings (SSSR count). The van der Waals surface area contributed by atoms with E-state index in [1.54, 1.807) is 7.05 Å². The van der Waals surface area contributed by atoms with Crippen LogP contribution in [-0.4, -0.2) is 42.5 Å². The molecule has 0 bridgehead atoms. The zero-order valence-electron chi connectivity index (χ0n) is 12.5. The van der Waals surface area contributed by atoms with Crippen molar-refractivity contribution >= 4 is 20.0 Å². The molecular weight excluding hydrogens is 326 g/mol. The second-order valence-electron chi connectivity index (χ2n) is 5.41. The summed E-state index contributed by atoms with van der Waals surface area (Å²) in [4.78, 5) is -0.0987. The van der Waals surface area contributed by atoms with Crippen LogP contribution in [-0.2, 0) is 20.0 Å². The largest absolute Gasteiger partial charge is 0.316 e. The standard InChI is InChI=1S/C13H21N3O4S2/c1-10(14-2)9-15-21(17,18)12-4-3-5-13(8-12)22(19,20)16-11-6-7-11/h3-5,8,10-11,14-16H,6-7,9H2,1-2H3. The zero-order valence-corrected chi connectivity index (χ0v) is 14.2. The lowest BCUT2D eigenvalue weighted by Crippen LogP contribution is -2.37. The Balaban J connectivity index is 2.20. The molecule has 0 saturated heterocycles. The Bertz CT molecular complexity index is 727. The maximum absolute atomic E-state index is 12.2. The Kier molecular flexibility index (Phi) is 5.23. The van der Waals surface area contributed by atoms with Crippen LogP contribution in [0.1, 0.15) is 19.8 Å². The summed E-state index contributed by atoms with van der Waals surface area (Å²) in [6, 6.07) is 5.31. The highest BCUT2D eigenvalue weighted by Crippen LogP contribution is 2.23. The van der Waals surface area contributed by atoms with E-state index in [9.17, 15) is 16.8 Å². The maximum Gasteiger partial charge on any atom is 0.240 e. The van der Waals surface area contributed by atoms with E-state index >= 15 is 0 Å². The molecule has 1 aliphatic rings. The molecule has 1 unspecified atom stereocenters. The first-order valence-corrected chi connectivity index (χ1v) is 10.0. The molecule has 0 aromatic heterocycles. The van der Waals surface area contributed by atoms with Gasteiger partial charge in [-0.05, 0) is 45.0 Å². The minimum Gasteiger partial charge on any atom is -0.316 e. The van der Waals surface area contributed by atoms with E-state index in [0.29, 0.717) is 0 Å². The van der Waals surface area contributed by atoms with Crippen molar-refractivity contribution in [2.75, 3.05) is 13.6 Å². The number of nitrogens with one attached hydrogen (secondary N) is 3. The highest BCUT2D eigenvalue weighted by molar-refractivity contribution is 7.90. The lowest BCUT2D eigenvalue weighted by atomic mass is 10.4. The lowest BCUT2D eigenvalue weighted by Gasteiger charge is -2.13. The van der Waals surface area contributed by atoms with Crippen LogP contribution in [0.4, 0.5) is 0 Å². The first-order valence-electron chi connectivity index (χ1n) is 7.04. The quantitative estimate of drug-likeness (QED) is 0.615. The van der Waals surface area contributed by atoms with Crippen molar-refractivity contribution in [3.63, 3.8) is 0 Å². The van der Waals surface area contributed by atoms with Gasteiger partial charge in [-0.1, -0.05) is 6.07 Å². The molecule has 1 atom stereocenters. The average Bonchev–Trinajstić information content (AvgIpc) is 3.28. The summed E-state index contributed by atoms with van der Waals surface area (Å²) in [5.41, 5.74) is 0. The number of benzene rings is 1.